The molecule has 0 aromatic heterocycles. The SMILES string of the molecule is CC/C=C\C/C=C\C/C=C\C/C=C\C/C=C\C/C=C\C/C=C\CCCCCC(=O)OCC(COC(=O)CCCCCCC/C=C\CCCCCCCC)OC(=O)CCCCCCCCCCC/C=C\C/C=C\CCCCC. The molecule has 0 rings (SSSR count). The fraction of sp³-hybridized carbons (Fsp3) is 0.676. The lowest BCUT2D eigenvalue weighted by Gasteiger charge is -2.18. The van der Waals surface area contributed by atoms with E-state index in [9.17, 15) is 14.4 Å². The number of rotatable bonds is 57. The first-order chi connectivity index (χ1) is 38.0. The maximum atomic E-state index is 12.9. The van der Waals surface area contributed by atoms with Crippen LogP contribution < -0.4 is 0 Å². The minimum atomic E-state index is -0.802. The Morgan fingerprint density at radius 2 is 0.506 bits per heavy atom. The third-order valence-corrected chi connectivity index (χ3v) is 13.4. The Bertz CT molecular complexity index is 1600. The highest BCUT2D eigenvalue weighted by molar-refractivity contribution is 5.71. The fourth-order valence-electron chi connectivity index (χ4n) is 8.62. The normalized spacial score (nSPS) is 12.9. The van der Waals surface area contributed by atoms with E-state index < -0.39 is 6.10 Å². The molecule has 0 bridgehead atoms. The number of unbranched alkanes of at least 4 members (excludes halogenated alkanes) is 26. The Labute approximate surface area is 475 Å². The minimum absolute atomic E-state index is 0.0966. The number of carbonyl (C=O) groups is 3. The summed E-state index contributed by atoms with van der Waals surface area (Å²) in [4.78, 5) is 38.3. The first kappa shape index (κ1) is 72.8. The zero-order valence-electron chi connectivity index (χ0n) is 50.2. The molecule has 0 amide bonds. The summed E-state index contributed by atoms with van der Waals surface area (Å²) in [5, 5.41) is 0. The Balaban J connectivity index is 4.46. The largest absolute Gasteiger partial charge is 0.462 e. The van der Waals surface area contributed by atoms with Gasteiger partial charge >= 0.3 is 17.9 Å². The predicted molar refractivity (Wildman–Crippen MR) is 334 cm³/mol. The van der Waals surface area contributed by atoms with Crippen LogP contribution >= 0.6 is 0 Å². The Morgan fingerprint density at radius 1 is 0.273 bits per heavy atom. The molecular weight excluding hydrogens is 949 g/mol. The van der Waals surface area contributed by atoms with Crippen LogP contribution in [0, 0.1) is 0 Å². The van der Waals surface area contributed by atoms with Crippen LogP contribution in [0.3, 0.4) is 0 Å². The Morgan fingerprint density at radius 3 is 0.844 bits per heavy atom. The van der Waals surface area contributed by atoms with Gasteiger partial charge in [-0.2, -0.15) is 0 Å². The van der Waals surface area contributed by atoms with Gasteiger partial charge < -0.3 is 14.2 Å². The second kappa shape index (κ2) is 64.3. The lowest BCUT2D eigenvalue weighted by molar-refractivity contribution is -0.167. The number of hydrogen-bond donors (Lipinski definition) is 0. The van der Waals surface area contributed by atoms with Gasteiger partial charge in [0, 0.05) is 19.3 Å². The van der Waals surface area contributed by atoms with Crippen molar-refractivity contribution in [3.8, 4) is 0 Å². The number of allylic oxidation sites excluding steroid dienone is 20. The monoisotopic (exact) mass is 1070 g/mol. The molecule has 0 N–H and O–H groups in total. The van der Waals surface area contributed by atoms with E-state index in [4.69, 9.17) is 14.2 Å². The smallest absolute Gasteiger partial charge is 0.306 e. The molecule has 438 valence electrons. The quantitative estimate of drug-likeness (QED) is 0.0261. The molecule has 0 heterocycles. The second-order valence-electron chi connectivity index (χ2n) is 20.9. The van der Waals surface area contributed by atoms with Crippen molar-refractivity contribution < 1.29 is 28.6 Å². The van der Waals surface area contributed by atoms with E-state index in [1.807, 2.05) is 0 Å². The van der Waals surface area contributed by atoms with Crippen molar-refractivity contribution in [1.82, 2.24) is 0 Å². The summed E-state index contributed by atoms with van der Waals surface area (Å²) in [6, 6.07) is 0. The molecule has 0 aliphatic heterocycles. The number of esters is 3. The summed E-state index contributed by atoms with van der Waals surface area (Å²) in [5.74, 6) is -0.938. The molecule has 0 saturated heterocycles. The standard InChI is InChI=1S/C71H118O6/c1-4-7-10-13-16-19-22-25-28-30-32-33-34-35-36-37-39-40-43-46-49-52-55-58-61-64-70(73)76-67-68(66-75-69(72)63-60-57-54-51-48-45-42-27-24-21-18-15-12-9-6-3)77-71(74)65-62-59-56-53-50-47-44-41-38-31-29-26-23-20-17-14-11-8-5-2/h7,10,16-17,19-20,25-29,32-33,35-36,39-40,42,46,49,68H,4-6,8-9,11-15,18,21-24,30-31,34,37-38,41,43-45,47-48,50-67H2,1-3H3/b10-7-,19-16-,20-17-,28-25-,29-26-,33-32-,36-35-,40-39-,42-27-,49-46-. The van der Waals surface area contributed by atoms with Crippen LogP contribution in [-0.4, -0.2) is 37.2 Å². The molecular formula is C71H118O6. The summed E-state index contributed by atoms with van der Waals surface area (Å²) in [7, 11) is 0. The van der Waals surface area contributed by atoms with E-state index in [0.29, 0.717) is 19.3 Å². The molecule has 0 aromatic carbocycles. The summed E-state index contributed by atoms with van der Waals surface area (Å²) in [6.45, 7) is 6.47. The van der Waals surface area contributed by atoms with Gasteiger partial charge in [0.25, 0.3) is 0 Å². The molecule has 0 radical (unpaired) electrons. The topological polar surface area (TPSA) is 78.9 Å². The third-order valence-electron chi connectivity index (χ3n) is 13.4. The minimum Gasteiger partial charge on any atom is -0.462 e. The molecule has 0 fully saturated rings. The van der Waals surface area contributed by atoms with Gasteiger partial charge in [-0.25, -0.2) is 0 Å². The van der Waals surface area contributed by atoms with E-state index in [0.717, 1.165) is 122 Å². The first-order valence-corrected chi connectivity index (χ1v) is 32.0. The summed E-state index contributed by atoms with van der Waals surface area (Å²) in [6.07, 6.45) is 89.1. The van der Waals surface area contributed by atoms with Gasteiger partial charge in [-0.05, 0) is 135 Å². The van der Waals surface area contributed by atoms with E-state index >= 15 is 0 Å². The molecule has 1 unspecified atom stereocenters. The van der Waals surface area contributed by atoms with Crippen molar-refractivity contribution in [2.24, 2.45) is 0 Å². The summed E-state index contributed by atoms with van der Waals surface area (Å²) < 4.78 is 16.9. The zero-order chi connectivity index (χ0) is 55.7. The van der Waals surface area contributed by atoms with E-state index in [2.05, 4.69) is 142 Å². The van der Waals surface area contributed by atoms with Gasteiger partial charge in [0.05, 0.1) is 0 Å². The van der Waals surface area contributed by atoms with Crippen LogP contribution in [0.5, 0.6) is 0 Å². The number of hydrogen-bond acceptors (Lipinski definition) is 6. The number of carbonyl (C=O) groups excluding carboxylic acids is 3. The van der Waals surface area contributed by atoms with Crippen molar-refractivity contribution >= 4 is 17.9 Å². The van der Waals surface area contributed by atoms with Crippen molar-refractivity contribution in [3.63, 3.8) is 0 Å². The Hall–Kier alpha value is -4.19. The zero-order valence-corrected chi connectivity index (χ0v) is 50.2. The molecule has 0 spiro atoms. The molecule has 0 saturated carbocycles. The van der Waals surface area contributed by atoms with Gasteiger partial charge in [-0.15, -0.1) is 0 Å². The molecule has 6 heteroatoms. The molecule has 1 atom stereocenters. The maximum absolute atomic E-state index is 12.9. The maximum Gasteiger partial charge on any atom is 0.306 e. The van der Waals surface area contributed by atoms with E-state index in [1.54, 1.807) is 0 Å². The van der Waals surface area contributed by atoms with Gasteiger partial charge in [0.1, 0.15) is 13.2 Å². The lowest BCUT2D eigenvalue weighted by atomic mass is 10.1. The van der Waals surface area contributed by atoms with Crippen LogP contribution in [-0.2, 0) is 28.6 Å². The van der Waals surface area contributed by atoms with Gasteiger partial charge in [0.15, 0.2) is 6.10 Å². The third kappa shape index (κ3) is 62.5. The van der Waals surface area contributed by atoms with Crippen molar-refractivity contribution in [3.05, 3.63) is 122 Å². The molecule has 0 aliphatic carbocycles. The molecule has 0 aliphatic rings. The highest BCUT2D eigenvalue weighted by Crippen LogP contribution is 2.15. The van der Waals surface area contributed by atoms with Gasteiger partial charge in [-0.3, -0.25) is 14.4 Å². The van der Waals surface area contributed by atoms with Crippen molar-refractivity contribution in [2.45, 2.75) is 297 Å². The first-order valence-electron chi connectivity index (χ1n) is 32.0. The predicted octanol–water partition coefficient (Wildman–Crippen LogP) is 22.0. The highest BCUT2D eigenvalue weighted by atomic mass is 16.6. The average Bonchev–Trinajstić information content (AvgIpc) is 3.43. The van der Waals surface area contributed by atoms with Crippen molar-refractivity contribution in [2.75, 3.05) is 13.2 Å². The van der Waals surface area contributed by atoms with E-state index in [1.165, 1.54) is 128 Å². The summed E-state index contributed by atoms with van der Waals surface area (Å²) in [5.41, 5.74) is 0. The van der Waals surface area contributed by atoms with Gasteiger partial charge in [-0.1, -0.05) is 258 Å². The Kier molecular flexibility index (Phi) is 60.8. The van der Waals surface area contributed by atoms with Crippen LogP contribution in [0.1, 0.15) is 290 Å². The van der Waals surface area contributed by atoms with Crippen LogP contribution in [0.15, 0.2) is 122 Å². The molecule has 6 nitrogen and oxygen atoms in total. The summed E-state index contributed by atoms with van der Waals surface area (Å²) >= 11 is 0. The molecule has 0 aromatic rings. The van der Waals surface area contributed by atoms with Crippen LogP contribution in [0.4, 0.5) is 0 Å². The highest BCUT2D eigenvalue weighted by Gasteiger charge is 2.19. The van der Waals surface area contributed by atoms with Crippen LogP contribution in [0.2, 0.25) is 0 Å². The van der Waals surface area contributed by atoms with Gasteiger partial charge in [0.2, 0.25) is 0 Å². The average molecular weight is 1070 g/mol. The molecule has 77 heavy (non-hydrogen) atoms. The van der Waals surface area contributed by atoms with E-state index in [-0.39, 0.29) is 31.1 Å². The lowest BCUT2D eigenvalue weighted by Crippen LogP contribution is -2.30. The second-order valence-corrected chi connectivity index (χ2v) is 20.9. The van der Waals surface area contributed by atoms with Crippen molar-refractivity contribution in [1.29, 1.82) is 0 Å². The number of ether oxygens (including phenoxy) is 3. The fourth-order valence-corrected chi connectivity index (χ4v) is 8.62. The van der Waals surface area contributed by atoms with Crippen LogP contribution in [0.25, 0.3) is 0 Å².